The van der Waals surface area contributed by atoms with Crippen molar-refractivity contribution in [2.75, 3.05) is 51.3 Å². The van der Waals surface area contributed by atoms with Crippen LogP contribution in [0.25, 0.3) is 0 Å². The largest absolute Gasteiger partial charge is 0.379 e. The summed E-state index contributed by atoms with van der Waals surface area (Å²) in [5.41, 5.74) is 2.13. The van der Waals surface area contributed by atoms with Gasteiger partial charge in [-0.05, 0) is 23.6 Å². The van der Waals surface area contributed by atoms with Crippen LogP contribution in [0.15, 0.2) is 24.3 Å². The van der Waals surface area contributed by atoms with Crippen molar-refractivity contribution in [3.63, 3.8) is 0 Å². The van der Waals surface area contributed by atoms with Crippen LogP contribution in [-0.2, 0) is 9.53 Å². The maximum absolute atomic E-state index is 11.9. The minimum Gasteiger partial charge on any atom is -0.379 e. The van der Waals surface area contributed by atoms with Crippen molar-refractivity contribution in [1.29, 1.82) is 0 Å². The second kappa shape index (κ2) is 8.88. The molecule has 5 heteroatoms. The molecule has 1 amide bonds. The number of morpholine rings is 1. The fraction of sp³-hybridized carbons (Fsp3) is 0.588. The highest BCUT2D eigenvalue weighted by Crippen LogP contribution is 2.16. The molecule has 22 heavy (non-hydrogen) atoms. The number of hydrogen-bond acceptors (Lipinski definition) is 4. The van der Waals surface area contributed by atoms with E-state index in [0.717, 1.165) is 45.1 Å². The summed E-state index contributed by atoms with van der Waals surface area (Å²) < 4.78 is 5.31. The van der Waals surface area contributed by atoms with Crippen molar-refractivity contribution in [3.8, 4) is 0 Å². The lowest BCUT2D eigenvalue weighted by Crippen LogP contribution is -2.41. The number of carbonyl (C=O) groups excluding carboxylic acids is 1. The van der Waals surface area contributed by atoms with Gasteiger partial charge in [0, 0.05) is 31.9 Å². The first-order chi connectivity index (χ1) is 10.6. The predicted molar refractivity (Wildman–Crippen MR) is 89.3 cm³/mol. The van der Waals surface area contributed by atoms with Gasteiger partial charge >= 0.3 is 0 Å². The lowest BCUT2D eigenvalue weighted by atomic mass is 10.0. The number of amides is 1. The standard InChI is InChI=1S/C17H27N3O2/c1-14(2)15-3-5-16(6-4-15)19-17(21)13-18-7-8-20-9-11-22-12-10-20/h3-6,14,18H,7-13H2,1-2H3,(H,19,21). The fourth-order valence-corrected chi connectivity index (χ4v) is 2.42. The van der Waals surface area contributed by atoms with Crippen LogP contribution in [0.1, 0.15) is 25.3 Å². The number of benzene rings is 1. The van der Waals surface area contributed by atoms with Gasteiger partial charge in [-0.1, -0.05) is 26.0 Å². The Hall–Kier alpha value is -1.43. The quantitative estimate of drug-likeness (QED) is 0.753. The van der Waals surface area contributed by atoms with E-state index in [-0.39, 0.29) is 5.91 Å². The molecular formula is C17H27N3O2. The molecule has 2 rings (SSSR count). The summed E-state index contributed by atoms with van der Waals surface area (Å²) in [7, 11) is 0. The van der Waals surface area contributed by atoms with Crippen molar-refractivity contribution in [2.24, 2.45) is 0 Å². The molecule has 0 bridgehead atoms. The molecule has 0 aliphatic carbocycles. The molecule has 1 fully saturated rings. The lowest BCUT2D eigenvalue weighted by molar-refractivity contribution is -0.115. The third-order valence-corrected chi connectivity index (χ3v) is 3.86. The van der Waals surface area contributed by atoms with Crippen LogP contribution in [0, 0.1) is 0 Å². The third-order valence-electron chi connectivity index (χ3n) is 3.86. The molecule has 0 spiro atoms. The van der Waals surface area contributed by atoms with Crippen molar-refractivity contribution < 1.29 is 9.53 Å². The van der Waals surface area contributed by atoms with Crippen molar-refractivity contribution in [3.05, 3.63) is 29.8 Å². The molecule has 0 radical (unpaired) electrons. The van der Waals surface area contributed by atoms with Crippen LogP contribution in [0.4, 0.5) is 5.69 Å². The maximum atomic E-state index is 11.9. The Morgan fingerprint density at radius 3 is 2.55 bits per heavy atom. The van der Waals surface area contributed by atoms with Crippen LogP contribution < -0.4 is 10.6 Å². The minimum absolute atomic E-state index is 0.000672. The van der Waals surface area contributed by atoms with E-state index in [9.17, 15) is 4.79 Å². The first-order valence-electron chi connectivity index (χ1n) is 8.06. The summed E-state index contributed by atoms with van der Waals surface area (Å²) >= 11 is 0. The van der Waals surface area contributed by atoms with Gasteiger partial charge in [-0.15, -0.1) is 0 Å². The molecule has 122 valence electrons. The van der Waals surface area contributed by atoms with Crippen molar-refractivity contribution in [1.82, 2.24) is 10.2 Å². The second-order valence-electron chi connectivity index (χ2n) is 5.96. The van der Waals surface area contributed by atoms with Gasteiger partial charge in [0.2, 0.25) is 5.91 Å². The Kier molecular flexibility index (Phi) is 6.83. The van der Waals surface area contributed by atoms with E-state index in [1.54, 1.807) is 0 Å². The summed E-state index contributed by atoms with van der Waals surface area (Å²) in [6, 6.07) is 8.04. The summed E-state index contributed by atoms with van der Waals surface area (Å²) in [4.78, 5) is 14.2. The molecule has 1 saturated heterocycles. The zero-order chi connectivity index (χ0) is 15.8. The van der Waals surface area contributed by atoms with Crippen LogP contribution >= 0.6 is 0 Å². The monoisotopic (exact) mass is 305 g/mol. The summed E-state index contributed by atoms with van der Waals surface area (Å²) in [5, 5.41) is 6.10. The van der Waals surface area contributed by atoms with Gasteiger partial charge in [0.1, 0.15) is 0 Å². The van der Waals surface area contributed by atoms with E-state index in [0.29, 0.717) is 12.5 Å². The van der Waals surface area contributed by atoms with Gasteiger partial charge in [-0.3, -0.25) is 9.69 Å². The normalized spacial score (nSPS) is 16.0. The SMILES string of the molecule is CC(C)c1ccc(NC(=O)CNCCN2CCOCC2)cc1. The molecule has 0 saturated carbocycles. The number of rotatable bonds is 7. The maximum Gasteiger partial charge on any atom is 0.238 e. The zero-order valence-electron chi connectivity index (χ0n) is 13.6. The summed E-state index contributed by atoms with van der Waals surface area (Å²) in [6.07, 6.45) is 0. The zero-order valence-corrected chi connectivity index (χ0v) is 13.6. The Morgan fingerprint density at radius 2 is 1.91 bits per heavy atom. The van der Waals surface area contributed by atoms with Crippen LogP contribution in [0.2, 0.25) is 0 Å². The number of anilines is 1. The number of hydrogen-bond donors (Lipinski definition) is 2. The number of ether oxygens (including phenoxy) is 1. The van der Waals surface area contributed by atoms with E-state index in [1.807, 2.05) is 12.1 Å². The molecule has 1 aliphatic heterocycles. The Labute approximate surface area is 133 Å². The van der Waals surface area contributed by atoms with Crippen molar-refractivity contribution >= 4 is 11.6 Å². The summed E-state index contributed by atoms with van der Waals surface area (Å²) in [6.45, 7) is 10.0. The summed E-state index contributed by atoms with van der Waals surface area (Å²) in [5.74, 6) is 0.505. The minimum atomic E-state index is -0.000672. The van der Waals surface area contributed by atoms with Gasteiger partial charge in [0.15, 0.2) is 0 Å². The lowest BCUT2D eigenvalue weighted by Gasteiger charge is -2.26. The molecule has 5 nitrogen and oxygen atoms in total. The topological polar surface area (TPSA) is 53.6 Å². The van der Waals surface area contributed by atoms with Gasteiger partial charge in [0.05, 0.1) is 19.8 Å². The molecule has 1 heterocycles. The number of nitrogens with zero attached hydrogens (tertiary/aromatic N) is 1. The van der Waals surface area contributed by atoms with Crippen molar-refractivity contribution in [2.45, 2.75) is 19.8 Å². The van der Waals surface area contributed by atoms with E-state index in [1.165, 1.54) is 5.56 Å². The molecule has 1 aromatic rings. The average Bonchev–Trinajstić information content (AvgIpc) is 2.53. The fourth-order valence-electron chi connectivity index (χ4n) is 2.42. The second-order valence-corrected chi connectivity index (χ2v) is 5.96. The van der Waals surface area contributed by atoms with E-state index >= 15 is 0 Å². The number of nitrogens with one attached hydrogen (secondary N) is 2. The Bertz CT molecular complexity index is 453. The molecule has 0 aromatic heterocycles. The first kappa shape index (κ1) is 16.9. The third kappa shape index (κ3) is 5.75. The Morgan fingerprint density at radius 1 is 1.23 bits per heavy atom. The highest BCUT2D eigenvalue weighted by molar-refractivity contribution is 5.92. The highest BCUT2D eigenvalue weighted by Gasteiger charge is 2.09. The van der Waals surface area contributed by atoms with E-state index < -0.39 is 0 Å². The van der Waals surface area contributed by atoms with Crippen LogP contribution in [0.3, 0.4) is 0 Å². The molecular weight excluding hydrogens is 278 g/mol. The average molecular weight is 305 g/mol. The molecule has 2 N–H and O–H groups in total. The van der Waals surface area contributed by atoms with Gasteiger partial charge in [0.25, 0.3) is 0 Å². The molecule has 1 aliphatic rings. The van der Waals surface area contributed by atoms with Gasteiger partial charge in [-0.2, -0.15) is 0 Å². The molecule has 0 atom stereocenters. The van der Waals surface area contributed by atoms with Crippen LogP contribution in [-0.4, -0.2) is 56.7 Å². The van der Waals surface area contributed by atoms with E-state index in [4.69, 9.17) is 4.74 Å². The molecule has 0 unspecified atom stereocenters. The smallest absolute Gasteiger partial charge is 0.238 e. The Balaban J connectivity index is 1.62. The van der Waals surface area contributed by atoms with E-state index in [2.05, 4.69) is 41.5 Å². The van der Waals surface area contributed by atoms with Crippen LogP contribution in [0.5, 0.6) is 0 Å². The predicted octanol–water partition coefficient (Wildman–Crippen LogP) is 1.67. The molecule has 1 aromatic carbocycles. The first-order valence-corrected chi connectivity index (χ1v) is 8.06. The van der Waals surface area contributed by atoms with Gasteiger partial charge < -0.3 is 15.4 Å². The number of carbonyl (C=O) groups is 1. The van der Waals surface area contributed by atoms with Gasteiger partial charge in [-0.25, -0.2) is 0 Å². The highest BCUT2D eigenvalue weighted by atomic mass is 16.5.